The largest absolute Gasteiger partial charge is 0.434 e. The van der Waals surface area contributed by atoms with Crippen LogP contribution in [0.2, 0.25) is 5.02 Å². The Hall–Kier alpha value is -3.50. The second kappa shape index (κ2) is 10.1. The van der Waals surface area contributed by atoms with E-state index in [1.54, 1.807) is 24.2 Å². The number of rotatable bonds is 6. The Morgan fingerprint density at radius 3 is 2.65 bits per heavy atom. The van der Waals surface area contributed by atoms with Gasteiger partial charge in [0.2, 0.25) is 5.82 Å². The molecule has 1 aromatic carbocycles. The van der Waals surface area contributed by atoms with Gasteiger partial charge in [0.15, 0.2) is 10.8 Å². The summed E-state index contributed by atoms with van der Waals surface area (Å²) in [6.45, 7) is 3.13. The lowest BCUT2D eigenvalue weighted by molar-refractivity contribution is 0.262. The molecule has 4 aromatic heterocycles. The van der Waals surface area contributed by atoms with Crippen LogP contribution >= 0.6 is 23.4 Å². The molecule has 0 atom stereocenters. The maximum atomic E-state index is 11.6. The molecule has 1 fully saturated rings. The van der Waals surface area contributed by atoms with Crippen molar-refractivity contribution in [3.63, 3.8) is 0 Å². The lowest BCUT2D eigenvalue weighted by Crippen LogP contribution is -2.18. The Morgan fingerprint density at radius 1 is 1.11 bits per heavy atom. The zero-order chi connectivity index (χ0) is 25.4. The fourth-order valence-electron chi connectivity index (χ4n) is 4.79. The second-order valence-corrected chi connectivity index (χ2v) is 10.9. The fraction of sp³-hybridized carbons (Fsp3) is 0.308. The quantitative estimate of drug-likeness (QED) is 0.288. The summed E-state index contributed by atoms with van der Waals surface area (Å²) in [5.41, 5.74) is 2.61. The van der Waals surface area contributed by atoms with E-state index >= 15 is 0 Å². The van der Waals surface area contributed by atoms with Gasteiger partial charge in [-0.1, -0.05) is 61.3 Å². The summed E-state index contributed by atoms with van der Waals surface area (Å²) in [7, 11) is 0. The number of halogens is 1. The molecule has 0 saturated heterocycles. The van der Waals surface area contributed by atoms with Crippen molar-refractivity contribution in [3.8, 4) is 23.0 Å². The molecule has 37 heavy (non-hydrogen) atoms. The molecule has 11 heteroatoms. The summed E-state index contributed by atoms with van der Waals surface area (Å²) < 4.78 is 7.40. The minimum Gasteiger partial charge on any atom is -0.384 e. The van der Waals surface area contributed by atoms with E-state index < -0.39 is 5.76 Å². The number of H-pyrrole nitrogens is 1. The zero-order valence-electron chi connectivity index (χ0n) is 20.1. The van der Waals surface area contributed by atoms with Crippen molar-refractivity contribution < 1.29 is 4.42 Å². The number of aromatic amines is 1. The number of imidazole rings is 1. The highest BCUT2D eigenvalue weighted by Crippen LogP contribution is 2.37. The van der Waals surface area contributed by atoms with Crippen molar-refractivity contribution in [3.05, 3.63) is 64.4 Å². The van der Waals surface area contributed by atoms with Crippen molar-refractivity contribution in [2.45, 2.75) is 49.2 Å². The molecule has 1 aliphatic rings. The number of nitrogens with zero attached hydrogens (tertiary/aromatic N) is 6. The zero-order valence-corrected chi connectivity index (χ0v) is 21.7. The number of benzene rings is 1. The molecule has 188 valence electrons. The molecular formula is C26H24ClN7O2S. The summed E-state index contributed by atoms with van der Waals surface area (Å²) >= 11 is 7.91. The molecule has 0 spiro atoms. The summed E-state index contributed by atoms with van der Waals surface area (Å²) in [6, 6.07) is 12.0. The van der Waals surface area contributed by atoms with Gasteiger partial charge in [0.25, 0.3) is 5.89 Å². The Kier molecular flexibility index (Phi) is 6.52. The number of hydrogen-bond donors (Lipinski definition) is 1. The lowest BCUT2D eigenvalue weighted by atomic mass is 9.83. The number of aromatic nitrogens is 7. The van der Waals surface area contributed by atoms with Crippen molar-refractivity contribution in [1.29, 1.82) is 0 Å². The van der Waals surface area contributed by atoms with Crippen LogP contribution in [-0.4, -0.2) is 34.7 Å². The van der Waals surface area contributed by atoms with Gasteiger partial charge in [-0.3, -0.25) is 4.98 Å². The molecule has 1 N–H and O–H groups in total. The minimum absolute atomic E-state index is 0.00350. The summed E-state index contributed by atoms with van der Waals surface area (Å²) in [6.07, 6.45) is 8.07. The monoisotopic (exact) mass is 533 g/mol. The fourth-order valence-corrected chi connectivity index (χ4v) is 5.88. The maximum absolute atomic E-state index is 11.6. The average Bonchev–Trinajstić information content (AvgIpc) is 3.49. The van der Waals surface area contributed by atoms with Crippen LogP contribution in [-0.2, 0) is 6.54 Å². The first kappa shape index (κ1) is 23.9. The van der Waals surface area contributed by atoms with Crippen LogP contribution in [0, 0.1) is 11.8 Å². The third-order valence-electron chi connectivity index (χ3n) is 6.70. The second-order valence-electron chi connectivity index (χ2n) is 9.42. The third-order valence-corrected chi connectivity index (χ3v) is 7.91. The van der Waals surface area contributed by atoms with Crippen molar-refractivity contribution in [2.75, 3.05) is 0 Å². The van der Waals surface area contributed by atoms with E-state index in [1.807, 2.05) is 24.3 Å². The van der Waals surface area contributed by atoms with E-state index in [1.165, 1.54) is 25.7 Å². The number of pyridine rings is 1. The molecule has 0 bridgehead atoms. The first-order valence-electron chi connectivity index (χ1n) is 12.2. The van der Waals surface area contributed by atoms with E-state index in [-0.39, 0.29) is 11.7 Å². The molecule has 0 amide bonds. The van der Waals surface area contributed by atoms with Gasteiger partial charge in [-0.05, 0) is 42.9 Å². The minimum atomic E-state index is -0.679. The van der Waals surface area contributed by atoms with E-state index in [0.717, 1.165) is 28.0 Å². The Bertz CT molecular complexity index is 1610. The van der Waals surface area contributed by atoms with Crippen molar-refractivity contribution in [2.24, 2.45) is 11.8 Å². The molecule has 6 rings (SSSR count). The predicted octanol–water partition coefficient (Wildman–Crippen LogP) is 5.86. The van der Waals surface area contributed by atoms with Crippen molar-refractivity contribution in [1.82, 2.24) is 34.7 Å². The Morgan fingerprint density at radius 2 is 1.92 bits per heavy atom. The van der Waals surface area contributed by atoms with Gasteiger partial charge in [-0.15, -0.1) is 5.10 Å². The van der Waals surface area contributed by atoms with Crippen LogP contribution in [0.4, 0.5) is 0 Å². The lowest BCUT2D eigenvalue weighted by Gasteiger charge is -2.27. The van der Waals surface area contributed by atoms with Crippen LogP contribution < -0.4 is 5.76 Å². The first-order valence-corrected chi connectivity index (χ1v) is 13.4. The molecule has 1 saturated carbocycles. The smallest absolute Gasteiger partial charge is 0.384 e. The van der Waals surface area contributed by atoms with Crippen LogP contribution in [0.5, 0.6) is 0 Å². The highest BCUT2D eigenvalue weighted by atomic mass is 35.5. The SMILES string of the molecule is CC1CCC(Cn2c(Sc3ccccc3)nc3nc(-c4n[nH]c(=O)o4)nc(-c4cncc(Cl)c4)c32)CC1. The van der Waals surface area contributed by atoms with Crippen LogP contribution in [0.3, 0.4) is 0 Å². The van der Waals surface area contributed by atoms with Crippen LogP contribution in [0.25, 0.3) is 34.1 Å². The molecule has 9 nitrogen and oxygen atoms in total. The molecule has 0 unspecified atom stereocenters. The number of fused-ring (bicyclic) bond motifs is 1. The highest BCUT2D eigenvalue weighted by Gasteiger charge is 2.26. The molecule has 0 aliphatic heterocycles. The number of hydrogen-bond acceptors (Lipinski definition) is 8. The Labute approximate surface area is 221 Å². The highest BCUT2D eigenvalue weighted by molar-refractivity contribution is 7.99. The Balaban J connectivity index is 1.56. The molecule has 0 radical (unpaired) electrons. The summed E-state index contributed by atoms with van der Waals surface area (Å²) in [4.78, 5) is 31.4. The van der Waals surface area contributed by atoms with E-state index in [0.29, 0.717) is 27.8 Å². The van der Waals surface area contributed by atoms with Gasteiger partial charge in [0.1, 0.15) is 11.2 Å². The summed E-state index contributed by atoms with van der Waals surface area (Å²) in [5.74, 6) is 0.765. The van der Waals surface area contributed by atoms with Crippen LogP contribution in [0.15, 0.2) is 68.1 Å². The van der Waals surface area contributed by atoms with E-state index in [9.17, 15) is 4.79 Å². The molecular weight excluding hydrogens is 510 g/mol. The topological polar surface area (TPSA) is 115 Å². The standard InChI is InChI=1S/C26H24ClN7O2S/c1-15-7-9-16(10-8-15)14-34-21-20(17-11-18(27)13-28-12-17)29-23(24-32-33-26(35)36-24)30-22(21)31-25(34)37-19-5-3-2-4-6-19/h2-6,11-13,15-16H,7-10,14H2,1H3,(H,33,35). The molecule has 4 heterocycles. The summed E-state index contributed by atoms with van der Waals surface area (Å²) in [5, 5.41) is 7.52. The van der Waals surface area contributed by atoms with Gasteiger partial charge in [0, 0.05) is 29.4 Å². The third kappa shape index (κ3) is 5.03. The maximum Gasteiger partial charge on any atom is 0.434 e. The molecule has 5 aromatic rings. The average molecular weight is 534 g/mol. The van der Waals surface area contributed by atoms with Gasteiger partial charge >= 0.3 is 5.76 Å². The van der Waals surface area contributed by atoms with Gasteiger partial charge in [0.05, 0.1) is 5.02 Å². The van der Waals surface area contributed by atoms with E-state index in [2.05, 4.69) is 43.8 Å². The van der Waals surface area contributed by atoms with Gasteiger partial charge < -0.3 is 8.98 Å². The van der Waals surface area contributed by atoms with Gasteiger partial charge in [-0.2, -0.15) is 0 Å². The first-order chi connectivity index (χ1) is 18.0. The number of nitrogens with one attached hydrogen (secondary N) is 1. The van der Waals surface area contributed by atoms with Gasteiger partial charge in [-0.25, -0.2) is 24.8 Å². The van der Waals surface area contributed by atoms with Crippen molar-refractivity contribution >= 4 is 34.5 Å². The van der Waals surface area contributed by atoms with E-state index in [4.69, 9.17) is 26.0 Å². The molecule has 1 aliphatic carbocycles. The van der Waals surface area contributed by atoms with Crippen LogP contribution in [0.1, 0.15) is 32.6 Å². The predicted molar refractivity (Wildman–Crippen MR) is 141 cm³/mol. The normalized spacial score (nSPS) is 17.9.